The van der Waals surface area contributed by atoms with Crippen molar-refractivity contribution in [3.05, 3.63) is 29.8 Å². The van der Waals surface area contributed by atoms with Crippen LogP contribution in [0.3, 0.4) is 0 Å². The lowest BCUT2D eigenvalue weighted by Crippen LogP contribution is -1.84. The van der Waals surface area contributed by atoms with Crippen LogP contribution in [0.1, 0.15) is 34.3 Å². The molecular weight excluding hydrogens is 356 g/mol. The maximum Gasteiger partial charge on any atom is 0.171 e. The molecule has 0 aromatic heterocycles. The molecule has 0 heterocycles. The molecule has 0 spiro atoms. The third-order valence-electron chi connectivity index (χ3n) is 2.80. The molecule has 0 radical (unpaired) electrons. The van der Waals surface area contributed by atoms with Gasteiger partial charge in [0.1, 0.15) is 5.69 Å². The third-order valence-corrected chi connectivity index (χ3v) is 3.42. The molecule has 0 saturated heterocycles. The molecule has 0 aliphatic rings. The third kappa shape index (κ3) is 7.04. The fraction of sp³-hybridized carbons (Fsp3) is 0.412. The monoisotopic (exact) mass is 384 g/mol. The Morgan fingerprint density at radius 1 is 1.12 bits per heavy atom. The van der Waals surface area contributed by atoms with Gasteiger partial charge in [-0.05, 0) is 24.4 Å². The summed E-state index contributed by atoms with van der Waals surface area (Å²) < 4.78 is 4.43. The Balaban J connectivity index is 0. The first-order valence-corrected chi connectivity index (χ1v) is 7.95. The number of phenols is 1. The molecule has 2 aromatic carbocycles. The zero-order chi connectivity index (χ0) is 17.9. The largest absolute Gasteiger partial charge is 0.505 e. The Kier molecular flexibility index (Phi) is 14.2. The van der Waals surface area contributed by atoms with E-state index in [4.69, 9.17) is 5.26 Å². The van der Waals surface area contributed by atoms with Gasteiger partial charge in [-0.2, -0.15) is 15.3 Å². The summed E-state index contributed by atoms with van der Waals surface area (Å²) in [5.74, 6) is -0.0394. The van der Waals surface area contributed by atoms with E-state index in [2.05, 4.69) is 29.8 Å². The van der Waals surface area contributed by atoms with Gasteiger partial charge in [-0.3, -0.25) is 0 Å². The molecule has 0 aliphatic carbocycles. The van der Waals surface area contributed by atoms with E-state index in [0.717, 1.165) is 10.9 Å². The predicted octanol–water partition coefficient (Wildman–Crippen LogP) is 6.70. The summed E-state index contributed by atoms with van der Waals surface area (Å²) in [7, 11) is 1.53. The van der Waals surface area contributed by atoms with Gasteiger partial charge < -0.3 is 5.11 Å². The maximum atomic E-state index is 10.4. The molecule has 0 fully saturated rings. The SMILES string of the molecule is C.C.CC.CN=NCN=Nc1c(SOOO)cc2ccc(C)cc2c1O. The second-order valence-corrected chi connectivity index (χ2v) is 4.99. The summed E-state index contributed by atoms with van der Waals surface area (Å²) in [5, 5.41) is 38.7. The van der Waals surface area contributed by atoms with Crippen molar-refractivity contribution in [2.75, 3.05) is 13.7 Å². The fourth-order valence-corrected chi connectivity index (χ4v) is 2.36. The van der Waals surface area contributed by atoms with Crippen LogP contribution >= 0.6 is 12.0 Å². The van der Waals surface area contributed by atoms with Crippen LogP contribution in [0.2, 0.25) is 0 Å². The average molecular weight is 385 g/mol. The number of aryl methyl sites for hydroxylation is 1. The van der Waals surface area contributed by atoms with Gasteiger partial charge in [-0.15, -0.1) is 9.45 Å². The topological polar surface area (TPSA) is 108 Å². The average Bonchev–Trinajstić information content (AvgIpc) is 2.61. The second-order valence-electron chi connectivity index (χ2n) is 4.25. The van der Waals surface area contributed by atoms with Crippen molar-refractivity contribution >= 4 is 28.5 Å². The number of benzene rings is 2. The molecule has 0 atom stereocenters. The van der Waals surface area contributed by atoms with E-state index in [1.54, 1.807) is 6.07 Å². The van der Waals surface area contributed by atoms with Gasteiger partial charge in [-0.1, -0.05) is 51.4 Å². The van der Waals surface area contributed by atoms with Crippen molar-refractivity contribution in [2.45, 2.75) is 40.5 Å². The van der Waals surface area contributed by atoms with E-state index in [1.807, 2.05) is 39.0 Å². The summed E-state index contributed by atoms with van der Waals surface area (Å²) in [4.78, 5) is 0.431. The van der Waals surface area contributed by atoms with E-state index in [9.17, 15) is 5.11 Å². The lowest BCUT2D eigenvalue weighted by molar-refractivity contribution is -0.432. The highest BCUT2D eigenvalue weighted by molar-refractivity contribution is 7.94. The first kappa shape index (κ1) is 26.2. The number of rotatable bonds is 6. The van der Waals surface area contributed by atoms with Crippen molar-refractivity contribution in [3.63, 3.8) is 0 Å². The zero-order valence-corrected chi connectivity index (χ0v) is 14.7. The van der Waals surface area contributed by atoms with Gasteiger partial charge in [0.25, 0.3) is 0 Å². The number of aromatic hydroxyl groups is 1. The van der Waals surface area contributed by atoms with E-state index in [0.29, 0.717) is 22.3 Å². The number of phenolic OH excluding ortho intramolecular Hbond substituents is 1. The molecule has 146 valence electrons. The van der Waals surface area contributed by atoms with E-state index < -0.39 is 0 Å². The minimum atomic E-state index is -0.0394. The van der Waals surface area contributed by atoms with Crippen LogP contribution in [0.4, 0.5) is 5.69 Å². The summed E-state index contributed by atoms with van der Waals surface area (Å²) in [5.41, 5.74) is 1.20. The molecule has 9 heteroatoms. The summed E-state index contributed by atoms with van der Waals surface area (Å²) in [6, 6.07) is 7.37. The highest BCUT2D eigenvalue weighted by Gasteiger charge is 2.14. The van der Waals surface area contributed by atoms with E-state index in [-0.39, 0.29) is 33.0 Å². The molecule has 8 nitrogen and oxygen atoms in total. The molecule has 0 aliphatic heterocycles. The predicted molar refractivity (Wildman–Crippen MR) is 106 cm³/mol. The maximum absolute atomic E-state index is 10.4. The van der Waals surface area contributed by atoms with Crippen molar-refractivity contribution in [1.82, 2.24) is 0 Å². The highest BCUT2D eigenvalue weighted by atomic mass is 32.2. The Hall–Kier alpha value is -2.07. The van der Waals surface area contributed by atoms with E-state index >= 15 is 0 Å². The Labute approximate surface area is 159 Å². The number of azo groups is 2. The van der Waals surface area contributed by atoms with Crippen LogP contribution in [-0.2, 0) is 9.37 Å². The lowest BCUT2D eigenvalue weighted by atomic mass is 10.1. The first-order chi connectivity index (χ1) is 11.7. The Morgan fingerprint density at radius 2 is 1.81 bits per heavy atom. The van der Waals surface area contributed by atoms with Gasteiger partial charge in [-0.25, -0.2) is 5.26 Å². The van der Waals surface area contributed by atoms with Crippen LogP contribution in [0.25, 0.3) is 10.8 Å². The Bertz CT molecular complexity index is 723. The number of hydrogen-bond donors (Lipinski definition) is 2. The normalized spacial score (nSPS) is 10.3. The number of fused-ring (bicyclic) bond motifs is 1. The molecule has 2 N–H and O–H groups in total. The van der Waals surface area contributed by atoms with Gasteiger partial charge in [0, 0.05) is 12.4 Å². The van der Waals surface area contributed by atoms with Crippen LogP contribution in [0, 0.1) is 6.92 Å². The highest BCUT2D eigenvalue weighted by Crippen LogP contribution is 2.43. The standard InChI is InChI=1S/C13H14N4O4S.C2H6.2CH4/c1-8-3-4-9-6-11(22-21-20-19)12(13(18)10(9)5-8)17-16-7-15-14-2;1-2;;/h3-6,18-19H,7H2,1-2H3;1-2H3;2*1H4. The lowest BCUT2D eigenvalue weighted by Gasteiger charge is -2.09. The molecule has 0 unspecified atom stereocenters. The van der Waals surface area contributed by atoms with Crippen molar-refractivity contribution in [2.24, 2.45) is 20.5 Å². The molecule has 26 heavy (non-hydrogen) atoms. The van der Waals surface area contributed by atoms with Crippen molar-refractivity contribution in [3.8, 4) is 5.75 Å². The zero-order valence-electron chi connectivity index (χ0n) is 13.9. The summed E-state index contributed by atoms with van der Waals surface area (Å²) >= 11 is 0.704. The van der Waals surface area contributed by atoms with Crippen molar-refractivity contribution < 1.29 is 19.7 Å². The van der Waals surface area contributed by atoms with Gasteiger partial charge >= 0.3 is 0 Å². The Morgan fingerprint density at radius 3 is 2.42 bits per heavy atom. The van der Waals surface area contributed by atoms with Crippen molar-refractivity contribution in [1.29, 1.82) is 0 Å². The van der Waals surface area contributed by atoms with Gasteiger partial charge in [0.2, 0.25) is 0 Å². The molecule has 2 aromatic rings. The molecule has 2 rings (SSSR count). The fourth-order valence-electron chi connectivity index (χ4n) is 1.86. The van der Waals surface area contributed by atoms with E-state index in [1.165, 1.54) is 7.05 Å². The number of nitrogens with zero attached hydrogens (tertiary/aromatic N) is 4. The van der Waals surface area contributed by atoms with Gasteiger partial charge in [0.15, 0.2) is 12.4 Å². The minimum absolute atomic E-state index is 0. The molecule has 0 bridgehead atoms. The summed E-state index contributed by atoms with van der Waals surface area (Å²) in [6.07, 6.45) is 0. The minimum Gasteiger partial charge on any atom is -0.505 e. The van der Waals surface area contributed by atoms with Crippen LogP contribution in [0.15, 0.2) is 49.6 Å². The van der Waals surface area contributed by atoms with Crippen LogP contribution in [0.5, 0.6) is 5.75 Å². The summed E-state index contributed by atoms with van der Waals surface area (Å²) in [6.45, 7) is 5.97. The first-order valence-electron chi connectivity index (χ1n) is 7.21. The molecule has 0 saturated carbocycles. The van der Waals surface area contributed by atoms with Crippen LogP contribution in [-0.4, -0.2) is 24.1 Å². The molecule has 0 amide bonds. The smallest absolute Gasteiger partial charge is 0.171 e. The van der Waals surface area contributed by atoms with Gasteiger partial charge in [0.05, 0.1) is 16.9 Å². The second kappa shape index (κ2) is 14.1. The number of hydrogen-bond acceptors (Lipinski definition) is 9. The molecular formula is C17H28N4O4S. The quantitative estimate of drug-likeness (QED) is 0.249. The van der Waals surface area contributed by atoms with Crippen LogP contribution < -0.4 is 0 Å².